The molecule has 1 amide bonds. The van der Waals surface area contributed by atoms with Gasteiger partial charge in [0.1, 0.15) is 5.75 Å². The maximum atomic E-state index is 13.3. The summed E-state index contributed by atoms with van der Waals surface area (Å²) in [6.45, 7) is 3.55. The number of sulfone groups is 1. The van der Waals surface area contributed by atoms with E-state index in [0.717, 1.165) is 17.7 Å². The van der Waals surface area contributed by atoms with Gasteiger partial charge in [0, 0.05) is 30.3 Å². The van der Waals surface area contributed by atoms with Crippen molar-refractivity contribution in [2.24, 2.45) is 11.8 Å². The standard InChI is InChI=1S/C22H26F3NO4S/c1-21(2,31(28,29)19-6-4-5-16(11-19)22(23,24)25)17-12-20(27)26(14-17)13-15-7-9-18(30-3)10-8-15/h4-10,16-17H,11-14H2,1-3H3. The first-order valence-corrected chi connectivity index (χ1v) is 11.4. The van der Waals surface area contributed by atoms with Gasteiger partial charge < -0.3 is 9.64 Å². The molecule has 2 atom stereocenters. The SMILES string of the molecule is COc1ccc(CN2CC(C(C)(C)S(=O)(=O)C3=CC=CC(C(F)(F)F)C3)CC2=O)cc1. The van der Waals surface area contributed by atoms with Crippen molar-refractivity contribution in [3.8, 4) is 5.75 Å². The molecule has 2 unspecified atom stereocenters. The first-order chi connectivity index (χ1) is 14.4. The fraction of sp³-hybridized carbons (Fsp3) is 0.500. The topological polar surface area (TPSA) is 63.7 Å². The molecule has 3 rings (SSSR count). The minimum Gasteiger partial charge on any atom is -0.497 e. The molecule has 1 aromatic rings. The van der Waals surface area contributed by atoms with Crippen molar-refractivity contribution < 1.29 is 31.1 Å². The number of hydrogen-bond donors (Lipinski definition) is 0. The van der Waals surface area contributed by atoms with Crippen molar-refractivity contribution >= 4 is 15.7 Å². The average Bonchev–Trinajstić information content (AvgIpc) is 3.09. The van der Waals surface area contributed by atoms with Crippen molar-refractivity contribution in [1.29, 1.82) is 0 Å². The van der Waals surface area contributed by atoms with Gasteiger partial charge in [-0.1, -0.05) is 24.3 Å². The number of carbonyl (C=O) groups is 1. The lowest BCUT2D eigenvalue weighted by Gasteiger charge is -2.33. The molecule has 9 heteroatoms. The molecule has 170 valence electrons. The van der Waals surface area contributed by atoms with E-state index in [0.29, 0.717) is 12.3 Å². The van der Waals surface area contributed by atoms with E-state index in [-0.39, 0.29) is 23.8 Å². The van der Waals surface area contributed by atoms with E-state index in [2.05, 4.69) is 0 Å². The second kappa shape index (κ2) is 8.33. The van der Waals surface area contributed by atoms with E-state index >= 15 is 0 Å². The van der Waals surface area contributed by atoms with Crippen LogP contribution < -0.4 is 4.74 Å². The van der Waals surface area contributed by atoms with Crippen LogP contribution in [0.2, 0.25) is 0 Å². The number of allylic oxidation sites excluding steroid dienone is 4. The third kappa shape index (κ3) is 4.66. The predicted octanol–water partition coefficient (Wildman–Crippen LogP) is 4.26. The number of amides is 1. The van der Waals surface area contributed by atoms with Crippen LogP contribution in [0.25, 0.3) is 0 Å². The van der Waals surface area contributed by atoms with Gasteiger partial charge in [0.15, 0.2) is 9.84 Å². The van der Waals surface area contributed by atoms with Gasteiger partial charge in [-0.2, -0.15) is 13.2 Å². The molecule has 2 aliphatic rings. The van der Waals surface area contributed by atoms with E-state index < -0.39 is 39.0 Å². The lowest BCUT2D eigenvalue weighted by atomic mass is 9.94. The Hall–Kier alpha value is -2.29. The summed E-state index contributed by atoms with van der Waals surface area (Å²) in [6.07, 6.45) is -1.71. The van der Waals surface area contributed by atoms with Gasteiger partial charge in [0.05, 0.1) is 17.8 Å². The largest absolute Gasteiger partial charge is 0.497 e. The molecule has 1 heterocycles. The molecule has 0 N–H and O–H groups in total. The molecule has 31 heavy (non-hydrogen) atoms. The molecule has 1 aliphatic carbocycles. The van der Waals surface area contributed by atoms with Gasteiger partial charge in [0.2, 0.25) is 5.91 Å². The predicted molar refractivity (Wildman–Crippen MR) is 111 cm³/mol. The van der Waals surface area contributed by atoms with Gasteiger partial charge >= 0.3 is 6.18 Å². The number of methoxy groups -OCH3 is 1. The highest BCUT2D eigenvalue weighted by Crippen LogP contribution is 2.42. The lowest BCUT2D eigenvalue weighted by Crippen LogP contribution is -2.43. The van der Waals surface area contributed by atoms with Gasteiger partial charge in [-0.05, 0) is 44.0 Å². The minimum atomic E-state index is -4.51. The third-order valence-corrected chi connectivity index (χ3v) is 8.95. The number of halogens is 3. The number of likely N-dealkylation sites (tertiary alicyclic amines) is 1. The summed E-state index contributed by atoms with van der Waals surface area (Å²) in [5.74, 6) is -1.84. The Morgan fingerprint density at radius 2 is 1.77 bits per heavy atom. The summed E-state index contributed by atoms with van der Waals surface area (Å²) >= 11 is 0. The van der Waals surface area contributed by atoms with E-state index in [1.165, 1.54) is 19.9 Å². The van der Waals surface area contributed by atoms with Crippen LogP contribution in [0, 0.1) is 11.8 Å². The zero-order chi connectivity index (χ0) is 23.0. The van der Waals surface area contributed by atoms with Crippen molar-refractivity contribution in [1.82, 2.24) is 4.90 Å². The molecule has 0 bridgehead atoms. The second-order valence-corrected chi connectivity index (χ2v) is 11.1. The summed E-state index contributed by atoms with van der Waals surface area (Å²) in [4.78, 5) is 13.9. The number of hydrogen-bond acceptors (Lipinski definition) is 4. The summed E-state index contributed by atoms with van der Waals surface area (Å²) in [6, 6.07) is 7.22. The highest BCUT2D eigenvalue weighted by molar-refractivity contribution is 7.96. The maximum absolute atomic E-state index is 13.3. The molecule has 1 aliphatic heterocycles. The Balaban J connectivity index is 1.76. The Kier molecular flexibility index (Phi) is 6.28. The maximum Gasteiger partial charge on any atom is 0.395 e. The molecular weight excluding hydrogens is 431 g/mol. The van der Waals surface area contributed by atoms with Gasteiger partial charge in [-0.25, -0.2) is 8.42 Å². The summed E-state index contributed by atoms with van der Waals surface area (Å²) in [7, 11) is -2.50. The molecule has 0 saturated carbocycles. The Morgan fingerprint density at radius 1 is 1.13 bits per heavy atom. The van der Waals surface area contributed by atoms with Gasteiger partial charge in [0.25, 0.3) is 0 Å². The first kappa shape index (κ1) is 23.4. The van der Waals surface area contributed by atoms with Crippen LogP contribution in [0.4, 0.5) is 13.2 Å². The van der Waals surface area contributed by atoms with Crippen LogP contribution in [0.15, 0.2) is 47.4 Å². The summed E-state index contributed by atoms with van der Waals surface area (Å²) in [5, 5.41) is 0. The van der Waals surface area contributed by atoms with Crippen molar-refractivity contribution in [2.45, 2.75) is 44.2 Å². The van der Waals surface area contributed by atoms with Crippen molar-refractivity contribution in [2.75, 3.05) is 13.7 Å². The fourth-order valence-corrected chi connectivity index (χ4v) is 5.90. The molecule has 1 fully saturated rings. The number of rotatable bonds is 6. The molecule has 1 saturated heterocycles. The fourth-order valence-electron chi connectivity index (χ4n) is 3.97. The number of carbonyl (C=O) groups excluding carboxylic acids is 1. The van der Waals surface area contributed by atoms with Crippen LogP contribution in [-0.2, 0) is 21.2 Å². The van der Waals surface area contributed by atoms with E-state index in [1.54, 1.807) is 24.1 Å². The average molecular weight is 458 g/mol. The molecule has 0 aromatic heterocycles. The van der Waals surface area contributed by atoms with Crippen molar-refractivity contribution in [3.63, 3.8) is 0 Å². The number of alkyl halides is 3. The number of ether oxygens (including phenoxy) is 1. The quantitative estimate of drug-likeness (QED) is 0.641. The van der Waals surface area contributed by atoms with E-state index in [4.69, 9.17) is 4.74 Å². The van der Waals surface area contributed by atoms with Gasteiger partial charge in [-0.3, -0.25) is 4.79 Å². The zero-order valence-electron chi connectivity index (χ0n) is 17.6. The monoisotopic (exact) mass is 457 g/mol. The molecular formula is C22H26F3NO4S. The summed E-state index contributed by atoms with van der Waals surface area (Å²) < 4.78 is 69.7. The highest BCUT2D eigenvalue weighted by Gasteiger charge is 2.50. The van der Waals surface area contributed by atoms with Crippen LogP contribution >= 0.6 is 0 Å². The summed E-state index contributed by atoms with van der Waals surface area (Å²) in [5.41, 5.74) is 0.878. The lowest BCUT2D eigenvalue weighted by molar-refractivity contribution is -0.160. The molecule has 0 spiro atoms. The van der Waals surface area contributed by atoms with Crippen LogP contribution in [0.1, 0.15) is 32.3 Å². The van der Waals surface area contributed by atoms with Crippen LogP contribution in [-0.4, -0.2) is 43.8 Å². The van der Waals surface area contributed by atoms with Crippen LogP contribution in [0.5, 0.6) is 5.75 Å². The van der Waals surface area contributed by atoms with Crippen LogP contribution in [0.3, 0.4) is 0 Å². The zero-order valence-corrected chi connectivity index (χ0v) is 18.5. The minimum absolute atomic E-state index is 0.0359. The van der Waals surface area contributed by atoms with Crippen molar-refractivity contribution in [3.05, 3.63) is 53.0 Å². The smallest absolute Gasteiger partial charge is 0.395 e. The number of nitrogens with zero attached hydrogens (tertiary/aromatic N) is 1. The Labute approximate surface area is 180 Å². The normalized spacial score (nSPS) is 22.6. The van der Waals surface area contributed by atoms with E-state index in [9.17, 15) is 26.4 Å². The Bertz CT molecular complexity index is 995. The molecule has 1 aromatic carbocycles. The molecule has 0 radical (unpaired) electrons. The Morgan fingerprint density at radius 3 is 2.35 bits per heavy atom. The van der Waals surface area contributed by atoms with E-state index in [1.807, 2.05) is 12.1 Å². The first-order valence-electron chi connectivity index (χ1n) is 9.95. The third-order valence-electron chi connectivity index (χ3n) is 6.24. The number of benzene rings is 1. The second-order valence-electron chi connectivity index (χ2n) is 8.50. The van der Waals surface area contributed by atoms with Gasteiger partial charge in [-0.15, -0.1) is 0 Å². The molecule has 5 nitrogen and oxygen atoms in total. The highest BCUT2D eigenvalue weighted by atomic mass is 32.2.